The minimum Gasteiger partial charge on any atom is -0.494 e. The number of halogens is 2. The highest BCUT2D eigenvalue weighted by atomic mass is 79.9. The van der Waals surface area contributed by atoms with Crippen LogP contribution in [0.3, 0.4) is 0 Å². The number of benzene rings is 2. The molecule has 2 rings (SSSR count). The van der Waals surface area contributed by atoms with Gasteiger partial charge in [-0.05, 0) is 29.7 Å². The maximum absolute atomic E-state index is 13.8. The first-order chi connectivity index (χ1) is 9.67. The zero-order valence-electron chi connectivity index (χ0n) is 11.6. The first-order valence-corrected chi connectivity index (χ1v) is 7.61. The Labute approximate surface area is 127 Å². The maximum atomic E-state index is 13.8. The molecule has 0 bridgehead atoms. The molecule has 3 heteroatoms. The van der Waals surface area contributed by atoms with Crippen LogP contribution in [0.4, 0.5) is 4.39 Å². The Morgan fingerprint density at radius 1 is 1.10 bits per heavy atom. The van der Waals surface area contributed by atoms with Gasteiger partial charge < -0.3 is 4.74 Å². The number of methoxy groups -OCH3 is 1. The van der Waals surface area contributed by atoms with E-state index in [9.17, 15) is 4.39 Å². The predicted molar refractivity (Wildman–Crippen MR) is 84.1 cm³/mol. The summed E-state index contributed by atoms with van der Waals surface area (Å²) >= 11 is 3.72. The van der Waals surface area contributed by atoms with Gasteiger partial charge in [0, 0.05) is 10.7 Å². The smallest absolute Gasteiger partial charge is 0.165 e. The van der Waals surface area contributed by atoms with Crippen molar-refractivity contribution in [3.63, 3.8) is 0 Å². The van der Waals surface area contributed by atoms with Gasteiger partial charge in [0.1, 0.15) is 0 Å². The molecule has 0 saturated carbocycles. The Morgan fingerprint density at radius 3 is 2.35 bits per heavy atom. The number of hydrogen-bond acceptors (Lipinski definition) is 1. The van der Waals surface area contributed by atoms with Crippen molar-refractivity contribution in [1.82, 2.24) is 0 Å². The lowest BCUT2D eigenvalue weighted by Gasteiger charge is -2.22. The molecule has 0 N–H and O–H groups in total. The Morgan fingerprint density at radius 2 is 1.80 bits per heavy atom. The summed E-state index contributed by atoms with van der Waals surface area (Å²) in [5.41, 5.74) is 2.19. The molecule has 0 saturated heterocycles. The van der Waals surface area contributed by atoms with Crippen molar-refractivity contribution < 1.29 is 9.13 Å². The lowest BCUT2D eigenvalue weighted by Crippen LogP contribution is -2.05. The average molecular weight is 337 g/mol. The van der Waals surface area contributed by atoms with Crippen LogP contribution in [0.5, 0.6) is 5.75 Å². The molecular formula is C17H18BrFO. The molecular weight excluding hydrogens is 319 g/mol. The van der Waals surface area contributed by atoms with E-state index < -0.39 is 0 Å². The topological polar surface area (TPSA) is 9.23 Å². The second-order valence-corrected chi connectivity index (χ2v) is 5.71. The molecule has 0 radical (unpaired) electrons. The van der Waals surface area contributed by atoms with Gasteiger partial charge in [-0.25, -0.2) is 4.39 Å². The van der Waals surface area contributed by atoms with Crippen LogP contribution >= 0.6 is 15.9 Å². The monoisotopic (exact) mass is 336 g/mol. The molecule has 0 heterocycles. The van der Waals surface area contributed by atoms with Crippen molar-refractivity contribution in [2.45, 2.75) is 24.1 Å². The van der Waals surface area contributed by atoms with Gasteiger partial charge >= 0.3 is 0 Å². The fourth-order valence-corrected chi connectivity index (χ4v) is 3.36. The fraction of sp³-hybridized carbons (Fsp3) is 0.294. The molecule has 0 aliphatic heterocycles. The highest BCUT2D eigenvalue weighted by Crippen LogP contribution is 2.40. The molecule has 106 valence electrons. The predicted octanol–water partition coefficient (Wildman–Crippen LogP) is 5.46. The van der Waals surface area contributed by atoms with Gasteiger partial charge in [0.05, 0.1) is 7.11 Å². The van der Waals surface area contributed by atoms with Crippen LogP contribution < -0.4 is 4.74 Å². The van der Waals surface area contributed by atoms with Crippen LogP contribution in [0.15, 0.2) is 48.5 Å². The second-order valence-electron chi connectivity index (χ2n) is 4.72. The molecule has 0 aliphatic rings. The summed E-state index contributed by atoms with van der Waals surface area (Å²) in [6.45, 7) is 2.14. The number of ether oxygens (including phenoxy) is 1. The molecule has 1 nitrogen and oxygen atoms in total. The van der Waals surface area contributed by atoms with Crippen molar-refractivity contribution in [2.24, 2.45) is 0 Å². The van der Waals surface area contributed by atoms with E-state index in [1.165, 1.54) is 12.7 Å². The SMILES string of the molecule is CCC(c1ccccc1)C(Br)c1ccc(OC)c(F)c1. The van der Waals surface area contributed by atoms with Gasteiger partial charge in [0.2, 0.25) is 0 Å². The first kappa shape index (κ1) is 15.0. The molecule has 2 aromatic carbocycles. The Bertz CT molecular complexity index is 556. The summed E-state index contributed by atoms with van der Waals surface area (Å²) in [4.78, 5) is 0.0790. The lowest BCUT2D eigenvalue weighted by atomic mass is 9.90. The van der Waals surface area contributed by atoms with Crippen molar-refractivity contribution in [2.75, 3.05) is 7.11 Å². The van der Waals surface area contributed by atoms with Crippen LogP contribution in [-0.4, -0.2) is 7.11 Å². The summed E-state index contributed by atoms with van der Waals surface area (Å²) in [7, 11) is 1.47. The van der Waals surface area contributed by atoms with E-state index in [0.29, 0.717) is 5.92 Å². The highest BCUT2D eigenvalue weighted by molar-refractivity contribution is 9.09. The first-order valence-electron chi connectivity index (χ1n) is 6.69. The van der Waals surface area contributed by atoms with Crippen LogP contribution in [-0.2, 0) is 0 Å². The Balaban J connectivity index is 2.29. The quantitative estimate of drug-likeness (QED) is 0.658. The summed E-state index contributed by atoms with van der Waals surface area (Å²) in [6.07, 6.45) is 0.980. The fourth-order valence-electron chi connectivity index (χ4n) is 2.40. The molecule has 2 aromatic rings. The molecule has 20 heavy (non-hydrogen) atoms. The van der Waals surface area contributed by atoms with Gasteiger partial charge in [-0.1, -0.05) is 59.3 Å². The van der Waals surface area contributed by atoms with E-state index in [1.807, 2.05) is 24.3 Å². The van der Waals surface area contributed by atoms with Crippen LogP contribution in [0.2, 0.25) is 0 Å². The van der Waals surface area contributed by atoms with Gasteiger partial charge in [-0.2, -0.15) is 0 Å². The summed E-state index contributed by atoms with van der Waals surface area (Å²) in [6, 6.07) is 15.4. The lowest BCUT2D eigenvalue weighted by molar-refractivity contribution is 0.386. The summed E-state index contributed by atoms with van der Waals surface area (Å²) < 4.78 is 18.8. The van der Waals surface area contributed by atoms with Gasteiger partial charge in [-0.3, -0.25) is 0 Å². The van der Waals surface area contributed by atoms with E-state index in [-0.39, 0.29) is 16.4 Å². The van der Waals surface area contributed by atoms with Crippen molar-refractivity contribution in [3.05, 3.63) is 65.5 Å². The normalized spacial score (nSPS) is 13.8. The average Bonchev–Trinajstić information content (AvgIpc) is 2.49. The van der Waals surface area contributed by atoms with Gasteiger partial charge in [-0.15, -0.1) is 0 Å². The molecule has 0 aromatic heterocycles. The number of alkyl halides is 1. The number of hydrogen-bond donors (Lipinski definition) is 0. The van der Waals surface area contributed by atoms with E-state index in [1.54, 1.807) is 12.1 Å². The second kappa shape index (κ2) is 6.89. The van der Waals surface area contributed by atoms with Crippen LogP contribution in [0.1, 0.15) is 35.2 Å². The molecule has 0 fully saturated rings. The summed E-state index contributed by atoms with van der Waals surface area (Å²) in [5.74, 6) is 0.266. The molecule has 0 spiro atoms. The van der Waals surface area contributed by atoms with E-state index in [4.69, 9.17) is 4.74 Å². The highest BCUT2D eigenvalue weighted by Gasteiger charge is 2.21. The third-order valence-electron chi connectivity index (χ3n) is 3.52. The van der Waals surface area contributed by atoms with E-state index >= 15 is 0 Å². The maximum Gasteiger partial charge on any atom is 0.165 e. The van der Waals surface area contributed by atoms with E-state index in [2.05, 4.69) is 35.0 Å². The Hall–Kier alpha value is -1.35. The molecule has 0 amide bonds. The van der Waals surface area contributed by atoms with Crippen molar-refractivity contribution in [1.29, 1.82) is 0 Å². The van der Waals surface area contributed by atoms with Crippen molar-refractivity contribution in [3.8, 4) is 5.75 Å². The third-order valence-corrected chi connectivity index (χ3v) is 4.68. The van der Waals surface area contributed by atoms with Gasteiger partial charge in [0.25, 0.3) is 0 Å². The third kappa shape index (κ3) is 3.21. The van der Waals surface area contributed by atoms with Gasteiger partial charge in [0.15, 0.2) is 11.6 Å². The zero-order chi connectivity index (χ0) is 14.5. The zero-order valence-corrected chi connectivity index (χ0v) is 13.2. The molecule has 2 atom stereocenters. The van der Waals surface area contributed by atoms with Crippen molar-refractivity contribution >= 4 is 15.9 Å². The molecule has 0 aliphatic carbocycles. The van der Waals surface area contributed by atoms with E-state index in [0.717, 1.165) is 12.0 Å². The minimum atomic E-state index is -0.322. The van der Waals surface area contributed by atoms with Crippen LogP contribution in [0.25, 0.3) is 0 Å². The summed E-state index contributed by atoms with van der Waals surface area (Å²) in [5, 5.41) is 0. The standard InChI is InChI=1S/C17H18BrFO/c1-3-14(12-7-5-4-6-8-12)17(18)13-9-10-16(20-2)15(19)11-13/h4-11,14,17H,3H2,1-2H3. The molecule has 2 unspecified atom stereocenters. The Kier molecular flexibility index (Phi) is 5.18. The van der Waals surface area contributed by atoms with Crippen LogP contribution in [0, 0.1) is 5.82 Å². The minimum absolute atomic E-state index is 0.0790. The largest absolute Gasteiger partial charge is 0.494 e. The number of rotatable bonds is 5.